The molecule has 0 amide bonds. The topological polar surface area (TPSA) is 24.9 Å². The summed E-state index contributed by atoms with van der Waals surface area (Å²) < 4.78 is 0. The molecule has 1 heterocycles. The van der Waals surface area contributed by atoms with E-state index in [1.54, 1.807) is 6.20 Å². The van der Waals surface area contributed by atoms with Gasteiger partial charge in [0.25, 0.3) is 0 Å². The first-order chi connectivity index (χ1) is 4.34. The second kappa shape index (κ2) is 2.49. The van der Waals surface area contributed by atoms with Gasteiger partial charge >= 0.3 is 0 Å². The fraction of sp³-hybridized carbons (Fsp3) is 0.286. The van der Waals surface area contributed by atoms with Gasteiger partial charge in [-0.2, -0.15) is 0 Å². The highest BCUT2D eigenvalue weighted by molar-refractivity contribution is 5.46. The van der Waals surface area contributed by atoms with E-state index < -0.39 is 0 Å². The van der Waals surface area contributed by atoms with Crippen molar-refractivity contribution in [2.45, 2.75) is 6.92 Å². The van der Waals surface area contributed by atoms with Crippen LogP contribution in [0.2, 0.25) is 0 Å². The third-order valence-electron chi connectivity index (χ3n) is 1.31. The van der Waals surface area contributed by atoms with E-state index in [0.29, 0.717) is 0 Å². The summed E-state index contributed by atoms with van der Waals surface area (Å²) in [7, 11) is 1.89. The summed E-state index contributed by atoms with van der Waals surface area (Å²) in [6.07, 6.45) is 3.60. The molecule has 0 radical (unpaired) electrons. The molecule has 0 aliphatic carbocycles. The number of aromatic nitrogens is 1. The molecule has 2 nitrogen and oxygen atoms in total. The molecule has 1 N–H and O–H groups in total. The Bertz CT molecular complexity index is 196. The zero-order chi connectivity index (χ0) is 6.69. The number of aryl methyl sites for hydroxylation is 1. The molecular weight excluding hydrogens is 112 g/mol. The predicted octanol–water partition coefficient (Wildman–Crippen LogP) is 1.43. The van der Waals surface area contributed by atoms with E-state index in [2.05, 4.69) is 10.3 Å². The van der Waals surface area contributed by atoms with Crippen LogP contribution >= 0.6 is 0 Å². The van der Waals surface area contributed by atoms with Gasteiger partial charge in [0.15, 0.2) is 0 Å². The van der Waals surface area contributed by atoms with Gasteiger partial charge in [-0.15, -0.1) is 0 Å². The van der Waals surface area contributed by atoms with E-state index in [1.165, 1.54) is 5.56 Å². The van der Waals surface area contributed by atoms with Crippen molar-refractivity contribution < 1.29 is 0 Å². The Morgan fingerprint density at radius 3 is 2.78 bits per heavy atom. The van der Waals surface area contributed by atoms with Crippen molar-refractivity contribution in [3.05, 3.63) is 24.0 Å². The van der Waals surface area contributed by atoms with Crippen LogP contribution in [-0.2, 0) is 0 Å². The molecule has 1 rings (SSSR count). The van der Waals surface area contributed by atoms with E-state index in [1.807, 2.05) is 26.2 Å². The zero-order valence-electron chi connectivity index (χ0n) is 5.68. The molecule has 9 heavy (non-hydrogen) atoms. The Balaban J connectivity index is 3.01. The van der Waals surface area contributed by atoms with Crippen LogP contribution in [0.5, 0.6) is 0 Å². The minimum absolute atomic E-state index is 1.09. The smallest absolute Gasteiger partial charge is 0.0553 e. The van der Waals surface area contributed by atoms with Crippen molar-refractivity contribution in [1.82, 2.24) is 4.98 Å². The molecule has 0 atom stereocenters. The fourth-order valence-electron chi connectivity index (χ4n) is 0.726. The van der Waals surface area contributed by atoms with Crippen LogP contribution in [0.15, 0.2) is 18.5 Å². The van der Waals surface area contributed by atoms with Crippen LogP contribution in [0.25, 0.3) is 0 Å². The Labute approximate surface area is 54.9 Å². The van der Waals surface area contributed by atoms with Crippen LogP contribution in [0.3, 0.4) is 0 Å². The van der Waals surface area contributed by atoms with Crippen molar-refractivity contribution in [1.29, 1.82) is 0 Å². The number of anilines is 1. The Morgan fingerprint density at radius 2 is 2.33 bits per heavy atom. The van der Waals surface area contributed by atoms with Crippen LogP contribution < -0.4 is 5.32 Å². The lowest BCUT2D eigenvalue weighted by molar-refractivity contribution is 1.27. The molecule has 1 aromatic heterocycles. The maximum absolute atomic E-state index is 3.95. The normalized spacial score (nSPS) is 9.11. The number of nitrogens with zero attached hydrogens (tertiary/aromatic N) is 1. The van der Waals surface area contributed by atoms with Gasteiger partial charge in [-0.1, -0.05) is 0 Å². The summed E-state index contributed by atoms with van der Waals surface area (Å²) in [5.41, 5.74) is 2.32. The molecular formula is C7H10N2. The molecule has 0 fully saturated rings. The van der Waals surface area contributed by atoms with Crippen molar-refractivity contribution in [2.24, 2.45) is 0 Å². The van der Waals surface area contributed by atoms with Crippen molar-refractivity contribution in [3.8, 4) is 0 Å². The van der Waals surface area contributed by atoms with Gasteiger partial charge in [0, 0.05) is 13.2 Å². The lowest BCUT2D eigenvalue weighted by Gasteiger charge is -2.00. The summed E-state index contributed by atoms with van der Waals surface area (Å²) in [5.74, 6) is 0. The largest absolute Gasteiger partial charge is 0.387 e. The summed E-state index contributed by atoms with van der Waals surface area (Å²) >= 11 is 0. The van der Waals surface area contributed by atoms with E-state index in [-0.39, 0.29) is 0 Å². The third-order valence-corrected chi connectivity index (χ3v) is 1.31. The fourth-order valence-corrected chi connectivity index (χ4v) is 0.726. The third kappa shape index (κ3) is 1.19. The van der Waals surface area contributed by atoms with Gasteiger partial charge in [0.1, 0.15) is 0 Å². The van der Waals surface area contributed by atoms with Crippen LogP contribution in [0.1, 0.15) is 5.56 Å². The molecule has 0 saturated carbocycles. The molecule has 0 aliphatic rings. The summed E-state index contributed by atoms with van der Waals surface area (Å²) in [6, 6.07) is 1.98. The van der Waals surface area contributed by atoms with Crippen molar-refractivity contribution in [3.63, 3.8) is 0 Å². The number of rotatable bonds is 1. The molecule has 0 spiro atoms. The van der Waals surface area contributed by atoms with Gasteiger partial charge in [-0.3, -0.25) is 4.98 Å². The number of pyridine rings is 1. The van der Waals surface area contributed by atoms with E-state index in [0.717, 1.165) is 5.69 Å². The molecule has 0 saturated heterocycles. The first-order valence-electron chi connectivity index (χ1n) is 2.93. The lowest BCUT2D eigenvalue weighted by Crippen LogP contribution is -1.90. The number of hydrogen-bond acceptors (Lipinski definition) is 2. The monoisotopic (exact) mass is 122 g/mol. The second-order valence-corrected chi connectivity index (χ2v) is 1.94. The Kier molecular flexibility index (Phi) is 1.68. The standard InChI is InChI=1S/C7H10N2/c1-6-3-4-9-5-7(6)8-2/h3-5,8H,1-2H3. The van der Waals surface area contributed by atoms with Gasteiger partial charge in [-0.25, -0.2) is 0 Å². The Hall–Kier alpha value is -1.05. The van der Waals surface area contributed by atoms with Crippen LogP contribution in [0, 0.1) is 6.92 Å². The highest BCUT2D eigenvalue weighted by Crippen LogP contribution is 2.08. The summed E-state index contributed by atoms with van der Waals surface area (Å²) in [5, 5.41) is 3.03. The molecule has 48 valence electrons. The molecule has 1 aromatic rings. The molecule has 0 bridgehead atoms. The summed E-state index contributed by atoms with van der Waals surface area (Å²) in [4.78, 5) is 3.95. The molecule has 0 unspecified atom stereocenters. The zero-order valence-corrected chi connectivity index (χ0v) is 5.68. The maximum Gasteiger partial charge on any atom is 0.0553 e. The van der Waals surface area contributed by atoms with E-state index in [4.69, 9.17) is 0 Å². The highest BCUT2D eigenvalue weighted by Gasteiger charge is 1.89. The maximum atomic E-state index is 3.95. The molecule has 0 aromatic carbocycles. The Morgan fingerprint density at radius 1 is 1.56 bits per heavy atom. The minimum atomic E-state index is 1.09. The van der Waals surface area contributed by atoms with E-state index in [9.17, 15) is 0 Å². The van der Waals surface area contributed by atoms with Gasteiger partial charge in [0.2, 0.25) is 0 Å². The van der Waals surface area contributed by atoms with Crippen LogP contribution in [0.4, 0.5) is 5.69 Å². The summed E-state index contributed by atoms with van der Waals surface area (Å²) in [6.45, 7) is 2.05. The van der Waals surface area contributed by atoms with Crippen molar-refractivity contribution >= 4 is 5.69 Å². The second-order valence-electron chi connectivity index (χ2n) is 1.94. The van der Waals surface area contributed by atoms with Crippen molar-refractivity contribution in [2.75, 3.05) is 12.4 Å². The number of hydrogen-bond donors (Lipinski definition) is 1. The quantitative estimate of drug-likeness (QED) is 0.609. The average molecular weight is 122 g/mol. The predicted molar refractivity (Wildman–Crippen MR) is 38.5 cm³/mol. The molecule has 2 heteroatoms. The van der Waals surface area contributed by atoms with Gasteiger partial charge in [-0.05, 0) is 18.6 Å². The lowest BCUT2D eigenvalue weighted by atomic mass is 10.2. The van der Waals surface area contributed by atoms with Gasteiger partial charge in [0.05, 0.1) is 11.9 Å². The first kappa shape index (κ1) is 6.08. The van der Waals surface area contributed by atoms with E-state index >= 15 is 0 Å². The highest BCUT2D eigenvalue weighted by atomic mass is 14.8. The van der Waals surface area contributed by atoms with Crippen LogP contribution in [-0.4, -0.2) is 12.0 Å². The SMILES string of the molecule is CNc1cnccc1C. The first-order valence-corrected chi connectivity index (χ1v) is 2.93. The van der Waals surface area contributed by atoms with Gasteiger partial charge < -0.3 is 5.32 Å². The average Bonchev–Trinajstić information content (AvgIpc) is 1.89. The molecule has 0 aliphatic heterocycles. The number of nitrogens with one attached hydrogen (secondary N) is 1. The minimum Gasteiger partial charge on any atom is -0.387 e.